The highest BCUT2D eigenvalue weighted by Crippen LogP contribution is 2.38. The molecule has 5 heteroatoms. The maximum Gasteiger partial charge on any atom is 0.360 e. The van der Waals surface area contributed by atoms with Crippen LogP contribution < -0.4 is 4.74 Å². The summed E-state index contributed by atoms with van der Waals surface area (Å²) in [5, 5.41) is 10.1. The zero-order chi connectivity index (χ0) is 11.8. The minimum Gasteiger partial charge on any atom is -0.463 e. The lowest BCUT2D eigenvalue weighted by Crippen LogP contribution is -2.43. The Balaban J connectivity index is 2.48. The molecule has 0 spiro atoms. The van der Waals surface area contributed by atoms with E-state index in [0.717, 1.165) is 0 Å². The van der Waals surface area contributed by atoms with E-state index < -0.39 is 17.5 Å². The van der Waals surface area contributed by atoms with Gasteiger partial charge in [-0.05, 0) is 13.0 Å². The molecule has 0 aliphatic carbocycles. The number of benzene rings is 1. The van der Waals surface area contributed by atoms with E-state index in [9.17, 15) is 14.7 Å². The molecule has 1 aliphatic heterocycles. The highest BCUT2D eigenvalue weighted by atomic mass is 16.6. The Morgan fingerprint density at radius 3 is 2.88 bits per heavy atom. The van der Waals surface area contributed by atoms with Crippen molar-refractivity contribution in [3.63, 3.8) is 0 Å². The third-order valence-electron chi connectivity index (χ3n) is 2.35. The molecule has 0 saturated carbocycles. The Morgan fingerprint density at radius 1 is 1.50 bits per heavy atom. The summed E-state index contributed by atoms with van der Waals surface area (Å²) in [7, 11) is 0. The van der Waals surface area contributed by atoms with Gasteiger partial charge in [0.2, 0.25) is 0 Å². The molecular formula is C11H10O5. The quantitative estimate of drug-likeness (QED) is 0.444. The average molecular weight is 222 g/mol. The Labute approximate surface area is 91.6 Å². The SMILES string of the molecule is CCOC(=O)C1(O)C(=O)Oc2ccccc21. The molecule has 0 fully saturated rings. The lowest BCUT2D eigenvalue weighted by molar-refractivity contribution is -0.176. The molecule has 0 bridgehead atoms. The van der Waals surface area contributed by atoms with Gasteiger partial charge in [-0.2, -0.15) is 0 Å². The van der Waals surface area contributed by atoms with E-state index in [2.05, 4.69) is 4.74 Å². The number of hydrogen-bond acceptors (Lipinski definition) is 5. The number of rotatable bonds is 2. The summed E-state index contributed by atoms with van der Waals surface area (Å²) >= 11 is 0. The first-order valence-electron chi connectivity index (χ1n) is 4.82. The lowest BCUT2D eigenvalue weighted by Gasteiger charge is -2.16. The fraction of sp³-hybridized carbons (Fsp3) is 0.273. The molecule has 1 unspecified atom stereocenters. The fourth-order valence-corrected chi connectivity index (χ4v) is 1.57. The second kappa shape index (κ2) is 3.61. The van der Waals surface area contributed by atoms with Gasteiger partial charge in [0.05, 0.1) is 6.61 Å². The molecule has 1 aromatic carbocycles. The first-order valence-corrected chi connectivity index (χ1v) is 4.82. The predicted molar refractivity (Wildman–Crippen MR) is 52.6 cm³/mol. The van der Waals surface area contributed by atoms with Gasteiger partial charge in [0.25, 0.3) is 5.60 Å². The van der Waals surface area contributed by atoms with Gasteiger partial charge in [-0.3, -0.25) is 0 Å². The Morgan fingerprint density at radius 2 is 2.19 bits per heavy atom. The molecule has 1 heterocycles. The topological polar surface area (TPSA) is 72.8 Å². The van der Waals surface area contributed by atoms with Gasteiger partial charge in [-0.25, -0.2) is 9.59 Å². The third-order valence-corrected chi connectivity index (χ3v) is 2.35. The number of ether oxygens (including phenoxy) is 2. The number of carbonyl (C=O) groups is 2. The minimum atomic E-state index is -2.33. The molecule has 84 valence electrons. The van der Waals surface area contributed by atoms with E-state index in [4.69, 9.17) is 4.74 Å². The molecule has 2 rings (SSSR count). The largest absolute Gasteiger partial charge is 0.463 e. The monoisotopic (exact) mass is 222 g/mol. The first kappa shape index (κ1) is 10.6. The molecule has 0 radical (unpaired) electrons. The molecule has 16 heavy (non-hydrogen) atoms. The standard InChI is InChI=1S/C11H10O5/c1-2-15-9(12)11(14)7-5-3-4-6-8(7)16-10(11)13/h3-6,14H,2H2,1H3. The highest BCUT2D eigenvalue weighted by molar-refractivity contribution is 6.08. The van der Waals surface area contributed by atoms with Crippen LogP contribution in [0.4, 0.5) is 0 Å². The predicted octanol–water partition coefficient (Wildman–Crippen LogP) is 0.356. The van der Waals surface area contributed by atoms with E-state index in [-0.39, 0.29) is 17.9 Å². The van der Waals surface area contributed by atoms with E-state index in [1.54, 1.807) is 19.1 Å². The number of para-hydroxylation sites is 1. The van der Waals surface area contributed by atoms with Gasteiger partial charge in [-0.15, -0.1) is 0 Å². The van der Waals surface area contributed by atoms with Gasteiger partial charge in [0.15, 0.2) is 0 Å². The molecular weight excluding hydrogens is 212 g/mol. The van der Waals surface area contributed by atoms with Crippen molar-refractivity contribution in [3.05, 3.63) is 29.8 Å². The van der Waals surface area contributed by atoms with Crippen molar-refractivity contribution >= 4 is 11.9 Å². The van der Waals surface area contributed by atoms with Crippen LogP contribution in [0.1, 0.15) is 12.5 Å². The van der Waals surface area contributed by atoms with Crippen molar-refractivity contribution in [1.82, 2.24) is 0 Å². The number of fused-ring (bicyclic) bond motifs is 1. The third kappa shape index (κ3) is 1.29. The maximum atomic E-state index is 11.6. The number of aliphatic hydroxyl groups is 1. The van der Waals surface area contributed by atoms with E-state index in [1.165, 1.54) is 12.1 Å². The fourth-order valence-electron chi connectivity index (χ4n) is 1.57. The van der Waals surface area contributed by atoms with Crippen LogP contribution in [0.3, 0.4) is 0 Å². The van der Waals surface area contributed by atoms with Gasteiger partial charge in [0, 0.05) is 5.56 Å². The molecule has 0 amide bonds. The van der Waals surface area contributed by atoms with Crippen molar-refractivity contribution in [1.29, 1.82) is 0 Å². The zero-order valence-corrected chi connectivity index (χ0v) is 8.60. The van der Waals surface area contributed by atoms with Gasteiger partial charge < -0.3 is 14.6 Å². The molecule has 1 aliphatic rings. The van der Waals surface area contributed by atoms with E-state index in [1.807, 2.05) is 0 Å². The smallest absolute Gasteiger partial charge is 0.360 e. The van der Waals surface area contributed by atoms with E-state index >= 15 is 0 Å². The van der Waals surface area contributed by atoms with Gasteiger partial charge in [-0.1, -0.05) is 18.2 Å². The van der Waals surface area contributed by atoms with Crippen LogP contribution in [0.15, 0.2) is 24.3 Å². The zero-order valence-electron chi connectivity index (χ0n) is 8.60. The first-order chi connectivity index (χ1) is 7.60. The number of esters is 2. The van der Waals surface area contributed by atoms with Crippen LogP contribution >= 0.6 is 0 Å². The van der Waals surface area contributed by atoms with Gasteiger partial charge >= 0.3 is 11.9 Å². The van der Waals surface area contributed by atoms with Crippen LogP contribution in [-0.2, 0) is 19.9 Å². The molecule has 1 aromatic rings. The van der Waals surface area contributed by atoms with Crippen LogP contribution in [0.25, 0.3) is 0 Å². The van der Waals surface area contributed by atoms with Crippen LogP contribution in [0.5, 0.6) is 5.75 Å². The van der Waals surface area contributed by atoms with Crippen molar-refractivity contribution in [2.24, 2.45) is 0 Å². The summed E-state index contributed by atoms with van der Waals surface area (Å²) in [6.07, 6.45) is 0. The van der Waals surface area contributed by atoms with Gasteiger partial charge in [0.1, 0.15) is 5.75 Å². The summed E-state index contributed by atoms with van der Waals surface area (Å²) in [6, 6.07) is 6.20. The average Bonchev–Trinajstić information content (AvgIpc) is 2.53. The molecule has 0 aromatic heterocycles. The highest BCUT2D eigenvalue weighted by Gasteiger charge is 2.55. The molecule has 5 nitrogen and oxygen atoms in total. The van der Waals surface area contributed by atoms with Crippen LogP contribution in [0, 0.1) is 0 Å². The minimum absolute atomic E-state index is 0.0800. The second-order valence-electron chi connectivity index (χ2n) is 3.32. The molecule has 0 saturated heterocycles. The van der Waals surface area contributed by atoms with Crippen LogP contribution in [-0.4, -0.2) is 23.7 Å². The Hall–Kier alpha value is -1.88. The molecule has 1 atom stereocenters. The van der Waals surface area contributed by atoms with Crippen molar-refractivity contribution in [3.8, 4) is 5.75 Å². The summed E-state index contributed by atoms with van der Waals surface area (Å²) in [6.45, 7) is 1.67. The number of carbonyl (C=O) groups excluding carboxylic acids is 2. The Kier molecular flexibility index (Phi) is 2.40. The van der Waals surface area contributed by atoms with Crippen molar-refractivity contribution in [2.75, 3.05) is 6.61 Å². The lowest BCUT2D eigenvalue weighted by atomic mass is 9.96. The summed E-state index contributed by atoms with van der Waals surface area (Å²) < 4.78 is 9.47. The summed E-state index contributed by atoms with van der Waals surface area (Å²) in [5.74, 6) is -1.85. The molecule has 1 N–H and O–H groups in total. The van der Waals surface area contributed by atoms with E-state index in [0.29, 0.717) is 0 Å². The normalized spacial score (nSPS) is 22.5. The summed E-state index contributed by atoms with van der Waals surface area (Å²) in [4.78, 5) is 23.1. The Bertz CT molecular complexity index is 453. The summed E-state index contributed by atoms with van der Waals surface area (Å²) in [5.41, 5.74) is -2.20. The number of hydrogen-bond donors (Lipinski definition) is 1. The van der Waals surface area contributed by atoms with Crippen molar-refractivity contribution < 1.29 is 24.2 Å². The maximum absolute atomic E-state index is 11.6. The van der Waals surface area contributed by atoms with Crippen LogP contribution in [0.2, 0.25) is 0 Å². The van der Waals surface area contributed by atoms with Crippen molar-refractivity contribution in [2.45, 2.75) is 12.5 Å². The second-order valence-corrected chi connectivity index (χ2v) is 3.32.